The third-order valence-corrected chi connectivity index (χ3v) is 3.52. The molecule has 1 N–H and O–H groups in total. The van der Waals surface area contributed by atoms with Crippen LogP contribution in [0, 0.1) is 5.82 Å². The number of rotatable bonds is 4. The van der Waals surface area contributed by atoms with Crippen LogP contribution in [0.1, 0.15) is 12.0 Å². The lowest BCUT2D eigenvalue weighted by atomic mass is 10.0. The number of hydrogen-bond acceptors (Lipinski definition) is 4. The fourth-order valence-corrected chi connectivity index (χ4v) is 2.25. The lowest BCUT2D eigenvalue weighted by Gasteiger charge is -2.10. The first-order valence-corrected chi connectivity index (χ1v) is 7.10. The highest BCUT2D eigenvalue weighted by molar-refractivity contribution is 6.06. The van der Waals surface area contributed by atoms with Crippen molar-refractivity contribution in [1.29, 1.82) is 0 Å². The molecule has 2 aromatic carbocycles. The predicted molar refractivity (Wildman–Crippen MR) is 84.1 cm³/mol. The second-order valence-electron chi connectivity index (χ2n) is 5.03. The maximum atomic E-state index is 13.6. The van der Waals surface area contributed by atoms with Crippen LogP contribution in [0.4, 0.5) is 10.1 Å². The molecule has 0 aliphatic carbocycles. The number of halogens is 1. The van der Waals surface area contributed by atoms with Crippen molar-refractivity contribution in [3.8, 4) is 5.75 Å². The number of ether oxygens (including phenoxy) is 1. The van der Waals surface area contributed by atoms with Crippen LogP contribution in [0.5, 0.6) is 5.75 Å². The molecule has 1 heterocycles. The molecule has 23 heavy (non-hydrogen) atoms. The SMILES string of the molecule is COc1ccc(C2=NOC(C(=O)Nc3ccccc3F)C2)cc1. The Labute approximate surface area is 132 Å². The molecule has 0 saturated heterocycles. The number of oxime groups is 1. The second kappa shape index (κ2) is 6.48. The lowest BCUT2D eigenvalue weighted by Crippen LogP contribution is -2.28. The zero-order valence-corrected chi connectivity index (χ0v) is 12.5. The number of anilines is 1. The molecule has 0 radical (unpaired) electrons. The molecule has 0 fully saturated rings. The molecule has 1 amide bonds. The molecule has 1 aliphatic heterocycles. The largest absolute Gasteiger partial charge is 0.497 e. The first-order valence-electron chi connectivity index (χ1n) is 7.10. The fraction of sp³-hybridized carbons (Fsp3) is 0.176. The molecule has 1 unspecified atom stereocenters. The monoisotopic (exact) mass is 314 g/mol. The first-order chi connectivity index (χ1) is 11.2. The summed E-state index contributed by atoms with van der Waals surface area (Å²) in [6.07, 6.45) is -0.446. The van der Waals surface area contributed by atoms with Gasteiger partial charge in [-0.15, -0.1) is 0 Å². The first kappa shape index (κ1) is 15.0. The molecule has 118 valence electrons. The minimum atomic E-state index is -0.772. The van der Waals surface area contributed by atoms with Crippen LogP contribution >= 0.6 is 0 Å². The van der Waals surface area contributed by atoms with Gasteiger partial charge in [0.15, 0.2) is 0 Å². The van der Waals surface area contributed by atoms with Crippen molar-refractivity contribution >= 4 is 17.3 Å². The molecule has 1 atom stereocenters. The summed E-state index contributed by atoms with van der Waals surface area (Å²) in [6.45, 7) is 0. The van der Waals surface area contributed by atoms with Gasteiger partial charge in [-0.3, -0.25) is 4.79 Å². The van der Waals surface area contributed by atoms with Gasteiger partial charge in [-0.2, -0.15) is 0 Å². The van der Waals surface area contributed by atoms with Crippen molar-refractivity contribution in [2.75, 3.05) is 12.4 Å². The zero-order valence-electron chi connectivity index (χ0n) is 12.5. The summed E-state index contributed by atoms with van der Waals surface area (Å²) in [5, 5.41) is 6.46. The fourth-order valence-electron chi connectivity index (χ4n) is 2.25. The quantitative estimate of drug-likeness (QED) is 0.944. The highest BCUT2D eigenvalue weighted by Gasteiger charge is 2.29. The van der Waals surface area contributed by atoms with Gasteiger partial charge in [0.2, 0.25) is 6.10 Å². The maximum absolute atomic E-state index is 13.6. The number of benzene rings is 2. The molecule has 5 nitrogen and oxygen atoms in total. The van der Waals surface area contributed by atoms with Gasteiger partial charge in [0.25, 0.3) is 5.91 Å². The number of nitrogens with one attached hydrogen (secondary N) is 1. The van der Waals surface area contributed by atoms with Crippen LogP contribution in [-0.2, 0) is 9.63 Å². The van der Waals surface area contributed by atoms with E-state index in [9.17, 15) is 9.18 Å². The van der Waals surface area contributed by atoms with Crippen LogP contribution in [0.25, 0.3) is 0 Å². The predicted octanol–water partition coefficient (Wildman–Crippen LogP) is 2.97. The Morgan fingerprint density at radius 3 is 2.70 bits per heavy atom. The Balaban J connectivity index is 1.64. The van der Waals surface area contributed by atoms with Crippen LogP contribution in [-0.4, -0.2) is 24.8 Å². The molecule has 2 aromatic rings. The van der Waals surface area contributed by atoms with E-state index in [4.69, 9.17) is 9.57 Å². The van der Waals surface area contributed by atoms with E-state index >= 15 is 0 Å². The van der Waals surface area contributed by atoms with Gasteiger partial charge in [-0.1, -0.05) is 17.3 Å². The number of hydrogen-bond donors (Lipinski definition) is 1. The van der Waals surface area contributed by atoms with Crippen LogP contribution < -0.4 is 10.1 Å². The summed E-state index contributed by atoms with van der Waals surface area (Å²) in [5.41, 5.74) is 1.65. The summed E-state index contributed by atoms with van der Waals surface area (Å²) in [4.78, 5) is 17.3. The van der Waals surface area contributed by atoms with E-state index in [1.807, 2.05) is 24.3 Å². The summed E-state index contributed by atoms with van der Waals surface area (Å²) < 4.78 is 18.7. The third kappa shape index (κ3) is 3.31. The van der Waals surface area contributed by atoms with Gasteiger partial charge in [0.1, 0.15) is 11.6 Å². The van der Waals surface area contributed by atoms with Crippen molar-refractivity contribution < 1.29 is 18.8 Å². The van der Waals surface area contributed by atoms with E-state index < -0.39 is 17.8 Å². The Hall–Kier alpha value is -2.89. The van der Waals surface area contributed by atoms with Gasteiger partial charge in [0.05, 0.1) is 18.5 Å². The average Bonchev–Trinajstić information content (AvgIpc) is 3.07. The minimum Gasteiger partial charge on any atom is -0.497 e. The van der Waals surface area contributed by atoms with E-state index in [1.165, 1.54) is 12.1 Å². The molecule has 0 saturated carbocycles. The van der Waals surface area contributed by atoms with Crippen LogP contribution in [0.15, 0.2) is 53.7 Å². The van der Waals surface area contributed by atoms with Crippen molar-refractivity contribution in [3.05, 3.63) is 59.9 Å². The van der Waals surface area contributed by atoms with E-state index in [0.29, 0.717) is 12.1 Å². The normalized spacial score (nSPS) is 16.4. The number of carbonyl (C=O) groups is 1. The number of amides is 1. The summed E-state index contributed by atoms with van der Waals surface area (Å²) >= 11 is 0. The van der Waals surface area contributed by atoms with Crippen molar-refractivity contribution in [2.45, 2.75) is 12.5 Å². The second-order valence-corrected chi connectivity index (χ2v) is 5.03. The number of para-hydroxylation sites is 1. The van der Waals surface area contributed by atoms with E-state index in [0.717, 1.165) is 11.3 Å². The summed E-state index contributed by atoms with van der Waals surface area (Å²) in [7, 11) is 1.59. The summed E-state index contributed by atoms with van der Waals surface area (Å²) in [6, 6.07) is 13.3. The number of carbonyl (C=O) groups excluding carboxylic acids is 1. The molecule has 0 spiro atoms. The highest BCUT2D eigenvalue weighted by Crippen LogP contribution is 2.21. The molecule has 1 aliphatic rings. The standard InChI is InChI=1S/C17H15FN2O3/c1-22-12-8-6-11(7-9-12)15-10-16(23-20-15)17(21)19-14-5-3-2-4-13(14)18/h2-9,16H,10H2,1H3,(H,19,21). The average molecular weight is 314 g/mol. The van der Waals surface area contributed by atoms with E-state index in [-0.39, 0.29) is 5.69 Å². The van der Waals surface area contributed by atoms with Gasteiger partial charge in [-0.25, -0.2) is 4.39 Å². The zero-order chi connectivity index (χ0) is 16.2. The minimum absolute atomic E-state index is 0.124. The van der Waals surface area contributed by atoms with Crippen LogP contribution in [0.2, 0.25) is 0 Å². The molecule has 6 heteroatoms. The molecule has 0 aromatic heterocycles. The van der Waals surface area contributed by atoms with E-state index in [1.54, 1.807) is 19.2 Å². The van der Waals surface area contributed by atoms with Crippen LogP contribution in [0.3, 0.4) is 0 Å². The Bertz CT molecular complexity index is 744. The molecule has 0 bridgehead atoms. The highest BCUT2D eigenvalue weighted by atomic mass is 19.1. The van der Waals surface area contributed by atoms with Crippen molar-refractivity contribution in [1.82, 2.24) is 0 Å². The Kier molecular flexibility index (Phi) is 4.23. The molecular formula is C17H15FN2O3. The van der Waals surface area contributed by atoms with Crippen molar-refractivity contribution in [2.24, 2.45) is 5.16 Å². The Morgan fingerprint density at radius 2 is 2.00 bits per heavy atom. The Morgan fingerprint density at radius 1 is 1.26 bits per heavy atom. The van der Waals surface area contributed by atoms with E-state index in [2.05, 4.69) is 10.5 Å². The third-order valence-electron chi connectivity index (χ3n) is 3.52. The number of methoxy groups -OCH3 is 1. The van der Waals surface area contributed by atoms with Gasteiger partial charge in [-0.05, 0) is 42.0 Å². The summed E-state index contributed by atoms with van der Waals surface area (Å²) in [5.74, 6) is -0.181. The molecule has 3 rings (SSSR count). The van der Waals surface area contributed by atoms with Crippen molar-refractivity contribution in [3.63, 3.8) is 0 Å². The topological polar surface area (TPSA) is 59.9 Å². The maximum Gasteiger partial charge on any atom is 0.268 e. The molecular weight excluding hydrogens is 299 g/mol. The lowest BCUT2D eigenvalue weighted by molar-refractivity contribution is -0.125. The number of nitrogens with zero attached hydrogens (tertiary/aromatic N) is 1. The van der Waals surface area contributed by atoms with Gasteiger partial charge in [0, 0.05) is 6.42 Å². The van der Waals surface area contributed by atoms with Gasteiger partial charge < -0.3 is 14.9 Å². The smallest absolute Gasteiger partial charge is 0.268 e. The van der Waals surface area contributed by atoms with Gasteiger partial charge >= 0.3 is 0 Å².